The number of fused-ring (bicyclic) bond motifs is 3. The molecule has 0 bridgehead atoms. The summed E-state index contributed by atoms with van der Waals surface area (Å²) in [5.74, 6) is -0.956. The summed E-state index contributed by atoms with van der Waals surface area (Å²) < 4.78 is 5.32. The van der Waals surface area contributed by atoms with E-state index in [1.807, 2.05) is 66.7 Å². The van der Waals surface area contributed by atoms with Crippen molar-refractivity contribution in [2.24, 2.45) is 0 Å². The SMILES string of the molecule is O=C(OCC(=O)N1c2ccccc2Sc2ccccc21)c1n[nH]c2ccccc12. The van der Waals surface area contributed by atoms with E-state index in [9.17, 15) is 9.59 Å². The van der Waals surface area contributed by atoms with Crippen LogP contribution in [0.15, 0.2) is 82.6 Å². The summed E-state index contributed by atoms with van der Waals surface area (Å²) in [4.78, 5) is 29.2. The van der Waals surface area contributed by atoms with Gasteiger partial charge in [-0.3, -0.25) is 14.8 Å². The summed E-state index contributed by atoms with van der Waals surface area (Å²) in [6.45, 7) is -0.382. The summed E-state index contributed by atoms with van der Waals surface area (Å²) >= 11 is 1.61. The lowest BCUT2D eigenvalue weighted by molar-refractivity contribution is -0.121. The molecule has 0 saturated carbocycles. The van der Waals surface area contributed by atoms with Gasteiger partial charge in [0.25, 0.3) is 5.91 Å². The van der Waals surface area contributed by atoms with Gasteiger partial charge in [-0.15, -0.1) is 0 Å². The average molecular weight is 401 g/mol. The minimum Gasteiger partial charge on any atom is -0.451 e. The van der Waals surface area contributed by atoms with E-state index in [0.29, 0.717) is 5.39 Å². The Morgan fingerprint density at radius 2 is 1.52 bits per heavy atom. The number of nitrogens with one attached hydrogen (secondary N) is 1. The summed E-state index contributed by atoms with van der Waals surface area (Å²) in [6.07, 6.45) is 0. The number of hydrogen-bond acceptors (Lipinski definition) is 5. The molecule has 142 valence electrons. The number of aromatic amines is 1. The third-order valence-corrected chi connectivity index (χ3v) is 5.80. The summed E-state index contributed by atoms with van der Waals surface area (Å²) in [5.41, 5.74) is 2.47. The number of rotatable bonds is 3. The van der Waals surface area contributed by atoms with E-state index in [0.717, 1.165) is 26.7 Å². The number of carbonyl (C=O) groups is 2. The van der Waals surface area contributed by atoms with E-state index in [2.05, 4.69) is 10.2 Å². The van der Waals surface area contributed by atoms with Crippen LogP contribution in [0.4, 0.5) is 11.4 Å². The maximum Gasteiger partial charge on any atom is 0.359 e. The van der Waals surface area contributed by atoms with Gasteiger partial charge in [-0.25, -0.2) is 4.79 Å². The van der Waals surface area contributed by atoms with E-state index in [1.54, 1.807) is 22.7 Å². The Labute approximate surface area is 170 Å². The molecular formula is C22H15N3O3S. The Hall–Kier alpha value is -3.58. The molecule has 4 aromatic rings. The molecule has 3 aromatic carbocycles. The van der Waals surface area contributed by atoms with Crippen molar-refractivity contribution < 1.29 is 14.3 Å². The number of H-pyrrole nitrogens is 1. The van der Waals surface area contributed by atoms with Gasteiger partial charge in [0.2, 0.25) is 0 Å². The van der Waals surface area contributed by atoms with E-state index in [1.165, 1.54) is 0 Å². The van der Waals surface area contributed by atoms with Crippen LogP contribution in [0.25, 0.3) is 10.9 Å². The fraction of sp³-hybridized carbons (Fsp3) is 0.0455. The molecule has 29 heavy (non-hydrogen) atoms. The number of esters is 1. The topological polar surface area (TPSA) is 75.3 Å². The number of carbonyl (C=O) groups excluding carboxylic acids is 2. The van der Waals surface area contributed by atoms with Gasteiger partial charge in [-0.05, 0) is 30.3 Å². The van der Waals surface area contributed by atoms with Gasteiger partial charge in [-0.2, -0.15) is 5.10 Å². The van der Waals surface area contributed by atoms with Crippen molar-refractivity contribution in [3.63, 3.8) is 0 Å². The van der Waals surface area contributed by atoms with Crippen molar-refractivity contribution >= 4 is 45.9 Å². The molecule has 7 heteroatoms. The second-order valence-corrected chi connectivity index (χ2v) is 7.54. The van der Waals surface area contributed by atoms with Crippen molar-refractivity contribution in [1.82, 2.24) is 10.2 Å². The third-order valence-electron chi connectivity index (χ3n) is 4.67. The Balaban J connectivity index is 1.41. The Bertz CT molecular complexity index is 1210. The van der Waals surface area contributed by atoms with Crippen LogP contribution >= 0.6 is 11.8 Å². The van der Waals surface area contributed by atoms with Crippen LogP contribution in [0, 0.1) is 0 Å². The number of aromatic nitrogens is 2. The molecule has 0 radical (unpaired) electrons. The van der Waals surface area contributed by atoms with Crippen molar-refractivity contribution in [1.29, 1.82) is 0 Å². The van der Waals surface area contributed by atoms with Crippen LogP contribution < -0.4 is 4.90 Å². The average Bonchev–Trinajstić information content (AvgIpc) is 3.20. The van der Waals surface area contributed by atoms with Crippen LogP contribution in [0.3, 0.4) is 0 Å². The largest absolute Gasteiger partial charge is 0.451 e. The number of nitrogens with zero attached hydrogens (tertiary/aromatic N) is 2. The van der Waals surface area contributed by atoms with Crippen LogP contribution in [0.2, 0.25) is 0 Å². The molecule has 0 aliphatic carbocycles. The van der Waals surface area contributed by atoms with E-state index in [-0.39, 0.29) is 18.2 Å². The molecule has 1 amide bonds. The first-order chi connectivity index (χ1) is 14.2. The lowest BCUT2D eigenvalue weighted by Crippen LogP contribution is -2.32. The van der Waals surface area contributed by atoms with Gasteiger partial charge in [0.1, 0.15) is 0 Å². The normalized spacial score (nSPS) is 12.3. The van der Waals surface area contributed by atoms with Gasteiger partial charge in [0.05, 0.1) is 16.9 Å². The fourth-order valence-corrected chi connectivity index (χ4v) is 4.41. The number of hydrogen-bond donors (Lipinski definition) is 1. The van der Waals surface area contributed by atoms with E-state index in [4.69, 9.17) is 4.74 Å². The predicted molar refractivity (Wildman–Crippen MR) is 111 cm³/mol. The Kier molecular flexibility index (Phi) is 4.29. The summed E-state index contributed by atoms with van der Waals surface area (Å²) in [6, 6.07) is 22.6. The molecule has 1 aliphatic rings. The van der Waals surface area contributed by atoms with Gasteiger partial charge >= 0.3 is 5.97 Å². The molecule has 0 unspecified atom stereocenters. The van der Waals surface area contributed by atoms with Crippen molar-refractivity contribution in [3.05, 3.63) is 78.5 Å². The molecule has 1 N–H and O–H groups in total. The second kappa shape index (κ2) is 7.10. The number of benzene rings is 3. The molecule has 2 heterocycles. The van der Waals surface area contributed by atoms with Crippen LogP contribution in [-0.4, -0.2) is 28.7 Å². The summed E-state index contributed by atoms with van der Waals surface area (Å²) in [5, 5.41) is 7.49. The highest BCUT2D eigenvalue weighted by Gasteiger charge is 2.29. The van der Waals surface area contributed by atoms with Crippen molar-refractivity contribution in [2.75, 3.05) is 11.5 Å². The molecule has 0 saturated heterocycles. The molecule has 1 aromatic heterocycles. The first kappa shape index (κ1) is 17.5. The molecule has 5 rings (SSSR count). The standard InChI is InChI=1S/C22H15N3O3S/c26-20(13-28-22(27)21-14-7-1-2-8-15(14)23-24-21)25-16-9-3-5-11-18(16)29-19-12-6-4-10-17(19)25/h1-12H,13H2,(H,23,24). The fourth-order valence-electron chi connectivity index (χ4n) is 3.35. The lowest BCUT2D eigenvalue weighted by atomic mass is 10.2. The number of anilines is 2. The maximum absolute atomic E-state index is 13.1. The first-order valence-electron chi connectivity index (χ1n) is 9.01. The van der Waals surface area contributed by atoms with Crippen LogP contribution in [0.1, 0.15) is 10.5 Å². The van der Waals surface area contributed by atoms with E-state index < -0.39 is 5.97 Å². The molecule has 1 aliphatic heterocycles. The zero-order valence-corrected chi connectivity index (χ0v) is 16.0. The first-order valence-corrected chi connectivity index (χ1v) is 9.83. The number of para-hydroxylation sites is 3. The molecular weight excluding hydrogens is 386 g/mol. The summed E-state index contributed by atoms with van der Waals surface area (Å²) in [7, 11) is 0. The minimum atomic E-state index is -0.635. The van der Waals surface area contributed by atoms with Crippen molar-refractivity contribution in [2.45, 2.75) is 9.79 Å². The quantitative estimate of drug-likeness (QED) is 0.510. The monoisotopic (exact) mass is 401 g/mol. The predicted octanol–water partition coefficient (Wildman–Crippen LogP) is 4.55. The van der Waals surface area contributed by atoms with Gasteiger partial charge < -0.3 is 4.74 Å². The Morgan fingerprint density at radius 1 is 0.897 bits per heavy atom. The second-order valence-electron chi connectivity index (χ2n) is 6.46. The molecule has 0 spiro atoms. The highest BCUT2D eigenvalue weighted by atomic mass is 32.2. The van der Waals surface area contributed by atoms with Crippen LogP contribution in [0.5, 0.6) is 0 Å². The minimum absolute atomic E-state index is 0.170. The van der Waals surface area contributed by atoms with E-state index >= 15 is 0 Å². The van der Waals surface area contributed by atoms with Crippen LogP contribution in [-0.2, 0) is 9.53 Å². The Morgan fingerprint density at radius 3 is 2.24 bits per heavy atom. The molecule has 0 atom stereocenters. The van der Waals surface area contributed by atoms with Gasteiger partial charge in [-0.1, -0.05) is 54.2 Å². The lowest BCUT2D eigenvalue weighted by Gasteiger charge is -2.30. The van der Waals surface area contributed by atoms with Gasteiger partial charge in [0.15, 0.2) is 12.3 Å². The maximum atomic E-state index is 13.1. The molecule has 0 fully saturated rings. The molecule has 6 nitrogen and oxygen atoms in total. The number of ether oxygens (including phenoxy) is 1. The zero-order chi connectivity index (χ0) is 19.8. The number of amides is 1. The highest BCUT2D eigenvalue weighted by Crippen LogP contribution is 2.47. The zero-order valence-electron chi connectivity index (χ0n) is 15.2. The van der Waals surface area contributed by atoms with Crippen molar-refractivity contribution in [3.8, 4) is 0 Å². The van der Waals surface area contributed by atoms with Gasteiger partial charge in [0, 0.05) is 15.2 Å². The highest BCUT2D eigenvalue weighted by molar-refractivity contribution is 7.99. The third kappa shape index (κ3) is 3.05. The smallest absolute Gasteiger partial charge is 0.359 e.